The van der Waals surface area contributed by atoms with Crippen molar-refractivity contribution in [3.63, 3.8) is 0 Å². The summed E-state index contributed by atoms with van der Waals surface area (Å²) in [5.41, 5.74) is 2.64. The fraction of sp³-hybridized carbons (Fsp3) is 0.250. The van der Waals surface area contributed by atoms with Gasteiger partial charge < -0.3 is 5.32 Å². The van der Waals surface area contributed by atoms with Crippen LogP contribution in [0.3, 0.4) is 0 Å². The molecule has 1 aliphatic rings. The number of nitrogens with one attached hydrogen (secondary N) is 1. The molecule has 0 amide bonds. The van der Waals surface area contributed by atoms with Gasteiger partial charge in [-0.15, -0.1) is 0 Å². The van der Waals surface area contributed by atoms with E-state index < -0.39 is 0 Å². The van der Waals surface area contributed by atoms with Crippen LogP contribution in [-0.4, -0.2) is 16.3 Å². The number of rotatable bonds is 1. The van der Waals surface area contributed by atoms with Gasteiger partial charge in [-0.2, -0.15) is 5.10 Å². The van der Waals surface area contributed by atoms with E-state index in [4.69, 9.17) is 0 Å². The van der Waals surface area contributed by atoms with Crippen LogP contribution in [0.4, 0.5) is 5.69 Å². The van der Waals surface area contributed by atoms with Gasteiger partial charge in [0, 0.05) is 24.6 Å². The van der Waals surface area contributed by atoms with Crippen molar-refractivity contribution in [2.24, 2.45) is 0 Å². The molecule has 3 heteroatoms. The van der Waals surface area contributed by atoms with Crippen molar-refractivity contribution >= 4 is 5.69 Å². The molecule has 15 heavy (non-hydrogen) atoms. The van der Waals surface area contributed by atoms with E-state index in [2.05, 4.69) is 34.7 Å². The third-order valence-corrected chi connectivity index (χ3v) is 2.90. The van der Waals surface area contributed by atoms with Gasteiger partial charge >= 0.3 is 0 Å². The highest BCUT2D eigenvalue weighted by atomic mass is 15.3. The number of hydrogen-bond acceptors (Lipinski definition) is 2. The molecule has 2 heterocycles. The van der Waals surface area contributed by atoms with Crippen LogP contribution in [0, 0.1) is 0 Å². The smallest absolute Gasteiger partial charge is 0.0732 e. The van der Waals surface area contributed by atoms with Crippen molar-refractivity contribution in [3.05, 3.63) is 48.3 Å². The maximum atomic E-state index is 4.29. The van der Waals surface area contributed by atoms with E-state index in [0.29, 0.717) is 6.04 Å². The lowest BCUT2D eigenvalue weighted by Gasteiger charge is -2.26. The number of para-hydroxylation sites is 1. The predicted molar refractivity (Wildman–Crippen MR) is 59.9 cm³/mol. The standard InChI is InChI=1S/C12H13N3/c1-2-5-12-10(4-1)8-11(9-13-12)15-7-3-6-14-15/h1-7,11,13H,8-9H2/t11-/m1/s1. The maximum Gasteiger partial charge on any atom is 0.0732 e. The van der Waals surface area contributed by atoms with Crippen molar-refractivity contribution in [2.45, 2.75) is 12.5 Å². The Morgan fingerprint density at radius 1 is 1.27 bits per heavy atom. The molecule has 1 aromatic carbocycles. The Hall–Kier alpha value is -1.77. The predicted octanol–water partition coefficient (Wildman–Crippen LogP) is 2.09. The van der Waals surface area contributed by atoms with E-state index in [9.17, 15) is 0 Å². The minimum atomic E-state index is 0.440. The molecular weight excluding hydrogens is 186 g/mol. The number of nitrogens with zero attached hydrogens (tertiary/aromatic N) is 2. The van der Waals surface area contributed by atoms with Gasteiger partial charge in [0.15, 0.2) is 0 Å². The molecule has 0 fully saturated rings. The number of benzene rings is 1. The molecule has 0 saturated heterocycles. The van der Waals surface area contributed by atoms with Crippen LogP contribution in [0.1, 0.15) is 11.6 Å². The summed E-state index contributed by atoms with van der Waals surface area (Å²) in [5, 5.41) is 7.73. The van der Waals surface area contributed by atoms with Crippen LogP contribution in [0.2, 0.25) is 0 Å². The summed E-state index contributed by atoms with van der Waals surface area (Å²) in [6.07, 6.45) is 4.92. The van der Waals surface area contributed by atoms with Crippen LogP contribution in [0.5, 0.6) is 0 Å². The summed E-state index contributed by atoms with van der Waals surface area (Å²) in [6.45, 7) is 0.957. The first kappa shape index (κ1) is 8.53. The fourth-order valence-corrected chi connectivity index (χ4v) is 2.11. The van der Waals surface area contributed by atoms with Gasteiger partial charge in [0.05, 0.1) is 6.04 Å². The first-order valence-corrected chi connectivity index (χ1v) is 5.24. The normalized spacial score (nSPS) is 19.3. The zero-order valence-corrected chi connectivity index (χ0v) is 8.43. The largest absolute Gasteiger partial charge is 0.383 e. The summed E-state index contributed by atoms with van der Waals surface area (Å²) in [4.78, 5) is 0. The summed E-state index contributed by atoms with van der Waals surface area (Å²) in [6, 6.07) is 10.9. The lowest BCUT2D eigenvalue weighted by Crippen LogP contribution is -2.26. The molecule has 0 unspecified atom stereocenters. The summed E-state index contributed by atoms with van der Waals surface area (Å²) >= 11 is 0. The Labute approximate surface area is 88.7 Å². The minimum absolute atomic E-state index is 0.440. The molecule has 0 spiro atoms. The van der Waals surface area contributed by atoms with Crippen molar-refractivity contribution in [1.29, 1.82) is 0 Å². The Balaban J connectivity index is 1.89. The molecule has 1 atom stereocenters. The second-order valence-electron chi connectivity index (χ2n) is 3.88. The summed E-state index contributed by atoms with van der Waals surface area (Å²) < 4.78 is 2.03. The van der Waals surface area contributed by atoms with E-state index in [1.807, 2.05) is 23.1 Å². The maximum absolute atomic E-state index is 4.29. The highest BCUT2D eigenvalue weighted by molar-refractivity contribution is 5.53. The molecule has 0 bridgehead atoms. The third kappa shape index (κ3) is 1.50. The van der Waals surface area contributed by atoms with Gasteiger partial charge in [-0.05, 0) is 24.1 Å². The van der Waals surface area contributed by atoms with E-state index in [1.165, 1.54) is 11.3 Å². The van der Waals surface area contributed by atoms with E-state index >= 15 is 0 Å². The highest BCUT2D eigenvalue weighted by Crippen LogP contribution is 2.26. The van der Waals surface area contributed by atoms with Crippen molar-refractivity contribution < 1.29 is 0 Å². The Kier molecular flexibility index (Phi) is 1.95. The molecule has 3 nitrogen and oxygen atoms in total. The molecule has 0 radical (unpaired) electrons. The van der Waals surface area contributed by atoms with Crippen LogP contribution in [0.25, 0.3) is 0 Å². The number of anilines is 1. The SMILES string of the molecule is c1ccc2c(c1)C[C@@H](n1cccn1)CN2. The van der Waals surface area contributed by atoms with Gasteiger partial charge in [-0.1, -0.05) is 18.2 Å². The quantitative estimate of drug-likeness (QED) is 0.762. The zero-order chi connectivity index (χ0) is 10.1. The van der Waals surface area contributed by atoms with Crippen molar-refractivity contribution in [3.8, 4) is 0 Å². The van der Waals surface area contributed by atoms with Gasteiger partial charge in [-0.25, -0.2) is 0 Å². The molecular formula is C12H13N3. The van der Waals surface area contributed by atoms with Gasteiger partial charge in [0.2, 0.25) is 0 Å². The van der Waals surface area contributed by atoms with Gasteiger partial charge in [0.25, 0.3) is 0 Å². The Morgan fingerprint density at radius 3 is 3.07 bits per heavy atom. The Bertz CT molecular complexity index is 448. The fourth-order valence-electron chi connectivity index (χ4n) is 2.11. The average Bonchev–Trinajstić information content (AvgIpc) is 2.82. The molecule has 1 N–H and O–H groups in total. The molecule has 1 aromatic heterocycles. The van der Waals surface area contributed by atoms with Crippen molar-refractivity contribution in [2.75, 3.05) is 11.9 Å². The van der Waals surface area contributed by atoms with Gasteiger partial charge in [0.1, 0.15) is 0 Å². The van der Waals surface area contributed by atoms with Gasteiger partial charge in [-0.3, -0.25) is 4.68 Å². The number of hydrogen-bond donors (Lipinski definition) is 1. The highest BCUT2D eigenvalue weighted by Gasteiger charge is 2.18. The lowest BCUT2D eigenvalue weighted by atomic mass is 10.00. The average molecular weight is 199 g/mol. The van der Waals surface area contributed by atoms with Crippen LogP contribution in [-0.2, 0) is 6.42 Å². The van der Waals surface area contributed by atoms with Crippen LogP contribution in [0.15, 0.2) is 42.7 Å². The second-order valence-corrected chi connectivity index (χ2v) is 3.88. The molecule has 1 aliphatic heterocycles. The first-order chi connectivity index (χ1) is 7.43. The third-order valence-electron chi connectivity index (χ3n) is 2.90. The van der Waals surface area contributed by atoms with Crippen molar-refractivity contribution in [1.82, 2.24) is 9.78 Å². The monoisotopic (exact) mass is 199 g/mol. The summed E-state index contributed by atoms with van der Waals surface area (Å²) in [7, 11) is 0. The minimum Gasteiger partial charge on any atom is -0.383 e. The number of fused-ring (bicyclic) bond motifs is 1. The topological polar surface area (TPSA) is 29.9 Å². The summed E-state index contributed by atoms with van der Waals surface area (Å²) in [5.74, 6) is 0. The zero-order valence-electron chi connectivity index (χ0n) is 8.43. The van der Waals surface area contributed by atoms with Crippen LogP contribution < -0.4 is 5.32 Å². The molecule has 0 aliphatic carbocycles. The molecule has 2 aromatic rings. The number of aromatic nitrogens is 2. The second kappa shape index (κ2) is 3.42. The first-order valence-electron chi connectivity index (χ1n) is 5.24. The van der Waals surface area contributed by atoms with E-state index in [-0.39, 0.29) is 0 Å². The lowest BCUT2D eigenvalue weighted by molar-refractivity contribution is 0.462. The molecule has 3 rings (SSSR count). The Morgan fingerprint density at radius 2 is 2.20 bits per heavy atom. The van der Waals surface area contributed by atoms with E-state index in [1.54, 1.807) is 0 Å². The van der Waals surface area contributed by atoms with Crippen LogP contribution >= 0.6 is 0 Å². The molecule has 0 saturated carbocycles. The van der Waals surface area contributed by atoms with E-state index in [0.717, 1.165) is 13.0 Å². The molecule has 76 valence electrons.